The van der Waals surface area contributed by atoms with Gasteiger partial charge in [-0.3, -0.25) is 4.79 Å². The van der Waals surface area contributed by atoms with Gasteiger partial charge in [-0.25, -0.2) is 4.99 Å². The van der Waals surface area contributed by atoms with Gasteiger partial charge in [0, 0.05) is 24.7 Å². The molecule has 0 aromatic heterocycles. The van der Waals surface area contributed by atoms with Gasteiger partial charge in [-0.1, -0.05) is 32.9 Å². The van der Waals surface area contributed by atoms with Crippen molar-refractivity contribution in [3.63, 3.8) is 0 Å². The molecule has 0 spiro atoms. The Morgan fingerprint density at radius 3 is 2.46 bits per heavy atom. The van der Waals surface area contributed by atoms with E-state index in [0.717, 1.165) is 30.9 Å². The second kappa shape index (κ2) is 10.8. The molecule has 3 N–H and O–H groups in total. The van der Waals surface area contributed by atoms with Crippen molar-refractivity contribution in [3.8, 4) is 0 Å². The van der Waals surface area contributed by atoms with Gasteiger partial charge >= 0.3 is 0 Å². The molecule has 146 valence electrons. The first-order valence-electron chi connectivity index (χ1n) is 9.67. The van der Waals surface area contributed by atoms with Crippen molar-refractivity contribution >= 4 is 11.9 Å². The van der Waals surface area contributed by atoms with Crippen LogP contribution < -0.4 is 16.0 Å². The molecule has 1 unspecified atom stereocenters. The van der Waals surface area contributed by atoms with Gasteiger partial charge < -0.3 is 16.0 Å². The Bertz CT molecular complexity index is 590. The van der Waals surface area contributed by atoms with E-state index in [-0.39, 0.29) is 5.91 Å². The molecular weight excluding hydrogens is 324 g/mol. The number of guanidine groups is 1. The highest BCUT2D eigenvalue weighted by molar-refractivity contribution is 5.94. The Labute approximate surface area is 159 Å². The molecule has 0 saturated heterocycles. The van der Waals surface area contributed by atoms with E-state index in [4.69, 9.17) is 0 Å². The summed E-state index contributed by atoms with van der Waals surface area (Å²) in [5, 5.41) is 9.60. The fourth-order valence-electron chi connectivity index (χ4n) is 2.52. The lowest BCUT2D eigenvalue weighted by Crippen LogP contribution is -2.42. The van der Waals surface area contributed by atoms with Crippen molar-refractivity contribution in [1.29, 1.82) is 0 Å². The number of nitrogens with zero attached hydrogens (tertiary/aromatic N) is 1. The molecular formula is C21H36N4O. The maximum atomic E-state index is 12.0. The normalized spacial score (nSPS) is 13.2. The van der Waals surface area contributed by atoms with Gasteiger partial charge in [0.1, 0.15) is 0 Å². The van der Waals surface area contributed by atoms with E-state index in [9.17, 15) is 4.79 Å². The summed E-state index contributed by atoms with van der Waals surface area (Å²) in [6.45, 7) is 14.9. The quantitative estimate of drug-likeness (QED) is 0.489. The van der Waals surface area contributed by atoms with Crippen LogP contribution in [0.3, 0.4) is 0 Å². The predicted octanol–water partition coefficient (Wildman–Crippen LogP) is 3.71. The average molecular weight is 361 g/mol. The van der Waals surface area contributed by atoms with Crippen LogP contribution >= 0.6 is 0 Å². The SMILES string of the molecule is CCNC(=O)c1cccc(CN=C(NCC)NC(C)CCC(C)(C)C)c1. The van der Waals surface area contributed by atoms with Crippen molar-refractivity contribution in [2.45, 2.75) is 67.0 Å². The minimum Gasteiger partial charge on any atom is -0.357 e. The number of nitrogens with one attached hydrogen (secondary N) is 3. The number of hydrogen-bond donors (Lipinski definition) is 3. The van der Waals surface area contributed by atoms with Crippen molar-refractivity contribution in [1.82, 2.24) is 16.0 Å². The summed E-state index contributed by atoms with van der Waals surface area (Å²) < 4.78 is 0. The zero-order valence-corrected chi connectivity index (χ0v) is 17.3. The molecule has 0 fully saturated rings. The van der Waals surface area contributed by atoms with E-state index in [2.05, 4.69) is 55.6 Å². The molecule has 1 aromatic rings. The zero-order valence-electron chi connectivity index (χ0n) is 17.3. The molecule has 0 radical (unpaired) electrons. The Morgan fingerprint density at radius 1 is 1.15 bits per heavy atom. The molecule has 0 bridgehead atoms. The van der Waals surface area contributed by atoms with E-state index in [0.29, 0.717) is 30.1 Å². The summed E-state index contributed by atoms with van der Waals surface area (Å²) in [4.78, 5) is 16.6. The summed E-state index contributed by atoms with van der Waals surface area (Å²) in [7, 11) is 0. The first-order chi connectivity index (χ1) is 12.2. The third kappa shape index (κ3) is 8.88. The first kappa shape index (κ1) is 22.0. The van der Waals surface area contributed by atoms with E-state index in [1.54, 1.807) is 0 Å². The standard InChI is InChI=1S/C21H36N4O/c1-7-22-19(26)18-11-9-10-17(14-18)15-24-20(23-8-2)25-16(3)12-13-21(4,5)6/h9-11,14,16H,7-8,12-13,15H2,1-6H3,(H,22,26)(H2,23,24,25). The Balaban J connectivity index is 2.71. The third-order valence-electron chi connectivity index (χ3n) is 4.00. The van der Waals surface area contributed by atoms with Gasteiger partial charge in [-0.15, -0.1) is 0 Å². The lowest BCUT2D eigenvalue weighted by Gasteiger charge is -2.23. The highest BCUT2D eigenvalue weighted by atomic mass is 16.1. The number of benzene rings is 1. The van der Waals surface area contributed by atoms with Crippen LogP contribution in [0.2, 0.25) is 0 Å². The summed E-state index contributed by atoms with van der Waals surface area (Å²) >= 11 is 0. The molecule has 0 saturated carbocycles. The molecule has 1 aromatic carbocycles. The maximum absolute atomic E-state index is 12.0. The molecule has 0 heterocycles. The number of aliphatic imine (C=N–C) groups is 1. The lowest BCUT2D eigenvalue weighted by molar-refractivity contribution is 0.0955. The predicted molar refractivity (Wildman–Crippen MR) is 111 cm³/mol. The van der Waals surface area contributed by atoms with Crippen molar-refractivity contribution in [2.24, 2.45) is 10.4 Å². The Morgan fingerprint density at radius 2 is 1.85 bits per heavy atom. The van der Waals surface area contributed by atoms with Gasteiger partial charge in [0.25, 0.3) is 5.91 Å². The highest BCUT2D eigenvalue weighted by Gasteiger charge is 2.13. The summed E-state index contributed by atoms with van der Waals surface area (Å²) in [5.41, 5.74) is 2.04. The fraction of sp³-hybridized carbons (Fsp3) is 0.619. The molecule has 0 aliphatic rings. The van der Waals surface area contributed by atoms with Crippen LogP contribution in [0.15, 0.2) is 29.3 Å². The summed E-state index contributed by atoms with van der Waals surface area (Å²) in [5.74, 6) is 0.775. The molecule has 1 amide bonds. The minimum atomic E-state index is -0.0424. The van der Waals surface area contributed by atoms with Gasteiger partial charge in [0.05, 0.1) is 6.54 Å². The zero-order chi connectivity index (χ0) is 19.6. The van der Waals surface area contributed by atoms with Crippen molar-refractivity contribution in [2.75, 3.05) is 13.1 Å². The molecule has 1 atom stereocenters. The summed E-state index contributed by atoms with van der Waals surface area (Å²) in [6.07, 6.45) is 2.26. The number of amides is 1. The van der Waals surface area contributed by atoms with Gasteiger partial charge in [-0.05, 0) is 56.7 Å². The number of carbonyl (C=O) groups is 1. The second-order valence-corrected chi connectivity index (χ2v) is 7.90. The molecule has 1 rings (SSSR count). The molecule has 0 aliphatic heterocycles. The average Bonchev–Trinajstić information content (AvgIpc) is 2.58. The summed E-state index contributed by atoms with van der Waals surface area (Å²) in [6, 6.07) is 7.99. The van der Waals surface area contributed by atoms with E-state index < -0.39 is 0 Å². The maximum Gasteiger partial charge on any atom is 0.251 e. The van der Waals surface area contributed by atoms with Crippen LogP contribution in [-0.4, -0.2) is 31.0 Å². The van der Waals surface area contributed by atoms with Crippen molar-refractivity contribution < 1.29 is 4.79 Å². The third-order valence-corrected chi connectivity index (χ3v) is 4.00. The topological polar surface area (TPSA) is 65.5 Å². The van der Waals surface area contributed by atoms with Crippen LogP contribution in [-0.2, 0) is 6.54 Å². The van der Waals surface area contributed by atoms with Crippen molar-refractivity contribution in [3.05, 3.63) is 35.4 Å². The van der Waals surface area contributed by atoms with Gasteiger partial charge in [-0.2, -0.15) is 0 Å². The van der Waals surface area contributed by atoms with Gasteiger partial charge in [0.15, 0.2) is 5.96 Å². The smallest absolute Gasteiger partial charge is 0.251 e. The monoisotopic (exact) mass is 360 g/mol. The van der Waals surface area contributed by atoms with Crippen LogP contribution in [0.4, 0.5) is 0 Å². The van der Waals surface area contributed by atoms with Gasteiger partial charge in [0.2, 0.25) is 0 Å². The Hall–Kier alpha value is -2.04. The van der Waals surface area contributed by atoms with Crippen LogP contribution in [0.25, 0.3) is 0 Å². The number of rotatable bonds is 8. The second-order valence-electron chi connectivity index (χ2n) is 7.90. The Kier molecular flexibility index (Phi) is 9.17. The van der Waals surface area contributed by atoms with E-state index in [1.165, 1.54) is 0 Å². The molecule has 26 heavy (non-hydrogen) atoms. The van der Waals surface area contributed by atoms with Crippen LogP contribution in [0.5, 0.6) is 0 Å². The lowest BCUT2D eigenvalue weighted by atomic mass is 9.89. The molecule has 5 nitrogen and oxygen atoms in total. The van der Waals surface area contributed by atoms with Crippen LogP contribution in [0.1, 0.15) is 70.3 Å². The number of hydrogen-bond acceptors (Lipinski definition) is 2. The highest BCUT2D eigenvalue weighted by Crippen LogP contribution is 2.21. The number of carbonyl (C=O) groups excluding carboxylic acids is 1. The van der Waals surface area contributed by atoms with Crippen LogP contribution in [0, 0.1) is 5.41 Å². The minimum absolute atomic E-state index is 0.0424. The van der Waals surface area contributed by atoms with E-state index >= 15 is 0 Å². The van der Waals surface area contributed by atoms with E-state index in [1.807, 2.05) is 31.2 Å². The first-order valence-corrected chi connectivity index (χ1v) is 9.67. The molecule has 0 aliphatic carbocycles. The largest absolute Gasteiger partial charge is 0.357 e. The fourth-order valence-corrected chi connectivity index (χ4v) is 2.52. The molecule has 5 heteroatoms.